The molecular formula is C13H20N4O3S. The van der Waals surface area contributed by atoms with Gasteiger partial charge in [0.15, 0.2) is 5.82 Å². The predicted octanol–water partition coefficient (Wildman–Crippen LogP) is 0.477. The van der Waals surface area contributed by atoms with Crippen LogP contribution in [0.15, 0.2) is 10.6 Å². The van der Waals surface area contributed by atoms with Crippen LogP contribution in [0.4, 0.5) is 5.82 Å². The van der Waals surface area contributed by atoms with E-state index in [2.05, 4.69) is 15.8 Å². The Balaban J connectivity index is 1.66. The third kappa shape index (κ3) is 5.39. The molecule has 116 valence electrons. The number of aromatic nitrogens is 1. The molecule has 1 aromatic heterocycles. The van der Waals surface area contributed by atoms with Crippen molar-refractivity contribution in [1.29, 1.82) is 0 Å². The molecule has 2 rings (SSSR count). The standard InChI is InChI=1S/C13H20N4O3S/c1-10-7-11(16-20-10)15-12(18)8-21-9-13(19)17-5-2-3-14-4-6-17/h7,14H,2-6,8-9H2,1H3,(H,15,16,18). The highest BCUT2D eigenvalue weighted by atomic mass is 32.2. The second kappa shape index (κ2) is 8.04. The number of thioether (sulfide) groups is 1. The molecular weight excluding hydrogens is 292 g/mol. The summed E-state index contributed by atoms with van der Waals surface area (Å²) in [6.45, 7) is 5.07. The Morgan fingerprint density at radius 2 is 2.29 bits per heavy atom. The van der Waals surface area contributed by atoms with Crippen molar-refractivity contribution in [3.63, 3.8) is 0 Å². The van der Waals surface area contributed by atoms with Crippen LogP contribution in [0.2, 0.25) is 0 Å². The zero-order chi connectivity index (χ0) is 15.1. The molecule has 2 N–H and O–H groups in total. The second-order valence-electron chi connectivity index (χ2n) is 4.85. The zero-order valence-corrected chi connectivity index (χ0v) is 12.9. The normalized spacial score (nSPS) is 15.6. The number of hydrogen-bond acceptors (Lipinski definition) is 6. The minimum absolute atomic E-state index is 0.0915. The minimum Gasteiger partial charge on any atom is -0.360 e. The molecule has 0 bridgehead atoms. The number of nitrogens with zero attached hydrogens (tertiary/aromatic N) is 2. The maximum Gasteiger partial charge on any atom is 0.235 e. The van der Waals surface area contributed by atoms with E-state index >= 15 is 0 Å². The average Bonchev–Trinajstić information content (AvgIpc) is 2.70. The van der Waals surface area contributed by atoms with Gasteiger partial charge in [0.05, 0.1) is 11.5 Å². The van der Waals surface area contributed by atoms with E-state index < -0.39 is 0 Å². The molecule has 2 heterocycles. The van der Waals surface area contributed by atoms with Gasteiger partial charge < -0.3 is 20.1 Å². The van der Waals surface area contributed by atoms with E-state index in [-0.39, 0.29) is 17.6 Å². The maximum atomic E-state index is 12.0. The Morgan fingerprint density at radius 1 is 1.43 bits per heavy atom. The first-order valence-corrected chi connectivity index (χ1v) is 8.10. The van der Waals surface area contributed by atoms with Gasteiger partial charge in [0.2, 0.25) is 11.8 Å². The second-order valence-corrected chi connectivity index (χ2v) is 5.83. The van der Waals surface area contributed by atoms with E-state index in [9.17, 15) is 9.59 Å². The molecule has 7 nitrogen and oxygen atoms in total. The largest absolute Gasteiger partial charge is 0.360 e. The van der Waals surface area contributed by atoms with Crippen LogP contribution in [0.1, 0.15) is 12.2 Å². The van der Waals surface area contributed by atoms with E-state index in [1.54, 1.807) is 13.0 Å². The Hall–Kier alpha value is -1.54. The number of anilines is 1. The molecule has 0 aliphatic carbocycles. The summed E-state index contributed by atoms with van der Waals surface area (Å²) in [7, 11) is 0. The Labute approximate surface area is 127 Å². The molecule has 0 radical (unpaired) electrons. The van der Waals surface area contributed by atoms with Crippen LogP contribution in [0.25, 0.3) is 0 Å². The molecule has 1 fully saturated rings. The summed E-state index contributed by atoms with van der Waals surface area (Å²) in [6, 6.07) is 1.65. The van der Waals surface area contributed by atoms with Crippen LogP contribution in [0, 0.1) is 6.92 Å². The highest BCUT2D eigenvalue weighted by Gasteiger charge is 2.15. The smallest absolute Gasteiger partial charge is 0.235 e. The van der Waals surface area contributed by atoms with E-state index in [4.69, 9.17) is 4.52 Å². The molecule has 2 amide bonds. The summed E-state index contributed by atoms with van der Waals surface area (Å²) in [5, 5.41) is 9.57. The maximum absolute atomic E-state index is 12.0. The highest BCUT2D eigenvalue weighted by Crippen LogP contribution is 2.09. The summed E-state index contributed by atoms with van der Waals surface area (Å²) in [5.41, 5.74) is 0. The van der Waals surface area contributed by atoms with Crippen LogP contribution in [0.3, 0.4) is 0 Å². The molecule has 0 aromatic carbocycles. The van der Waals surface area contributed by atoms with E-state index in [1.807, 2.05) is 4.90 Å². The first-order valence-electron chi connectivity index (χ1n) is 6.94. The lowest BCUT2D eigenvalue weighted by atomic mass is 10.4. The summed E-state index contributed by atoms with van der Waals surface area (Å²) in [6.07, 6.45) is 0.975. The first-order chi connectivity index (χ1) is 10.1. The number of aryl methyl sites for hydroxylation is 1. The number of hydrogen-bond donors (Lipinski definition) is 2. The predicted molar refractivity (Wildman–Crippen MR) is 81.3 cm³/mol. The molecule has 0 spiro atoms. The van der Waals surface area contributed by atoms with Gasteiger partial charge in [0, 0.05) is 25.7 Å². The topological polar surface area (TPSA) is 87.5 Å². The third-order valence-corrected chi connectivity index (χ3v) is 3.96. The van der Waals surface area contributed by atoms with Crippen LogP contribution >= 0.6 is 11.8 Å². The van der Waals surface area contributed by atoms with E-state index in [1.165, 1.54) is 11.8 Å². The summed E-state index contributed by atoms with van der Waals surface area (Å²) in [4.78, 5) is 25.6. The Morgan fingerprint density at radius 3 is 3.05 bits per heavy atom. The van der Waals surface area contributed by atoms with Crippen molar-refractivity contribution in [2.75, 3.05) is 43.0 Å². The van der Waals surface area contributed by atoms with E-state index in [0.717, 1.165) is 32.6 Å². The van der Waals surface area contributed by atoms with Crippen molar-refractivity contribution in [2.24, 2.45) is 0 Å². The van der Waals surface area contributed by atoms with Gasteiger partial charge in [-0.05, 0) is 19.9 Å². The average molecular weight is 312 g/mol. The molecule has 1 aliphatic rings. The molecule has 0 unspecified atom stereocenters. The van der Waals surface area contributed by atoms with Gasteiger partial charge in [-0.15, -0.1) is 11.8 Å². The van der Waals surface area contributed by atoms with Gasteiger partial charge in [-0.25, -0.2) is 0 Å². The van der Waals surface area contributed by atoms with Crippen LogP contribution in [-0.2, 0) is 9.59 Å². The molecule has 1 aromatic rings. The zero-order valence-electron chi connectivity index (χ0n) is 12.1. The number of carbonyl (C=O) groups is 2. The van der Waals surface area contributed by atoms with Gasteiger partial charge in [-0.1, -0.05) is 5.16 Å². The molecule has 1 saturated heterocycles. The summed E-state index contributed by atoms with van der Waals surface area (Å²) in [5.74, 6) is 1.51. The number of rotatable bonds is 5. The number of carbonyl (C=O) groups excluding carboxylic acids is 2. The van der Waals surface area contributed by atoms with Gasteiger partial charge in [0.1, 0.15) is 5.76 Å². The number of amides is 2. The lowest BCUT2D eigenvalue weighted by Gasteiger charge is -2.19. The van der Waals surface area contributed by atoms with Crippen molar-refractivity contribution in [1.82, 2.24) is 15.4 Å². The van der Waals surface area contributed by atoms with Gasteiger partial charge in [-0.2, -0.15) is 0 Å². The minimum atomic E-state index is -0.182. The lowest BCUT2D eigenvalue weighted by molar-refractivity contribution is -0.128. The molecule has 0 atom stereocenters. The monoisotopic (exact) mass is 312 g/mol. The fraction of sp³-hybridized carbons (Fsp3) is 0.615. The summed E-state index contributed by atoms with van der Waals surface area (Å²) < 4.78 is 4.86. The molecule has 0 saturated carbocycles. The van der Waals surface area contributed by atoms with Crippen molar-refractivity contribution < 1.29 is 14.1 Å². The van der Waals surface area contributed by atoms with Crippen molar-refractivity contribution in [2.45, 2.75) is 13.3 Å². The quantitative estimate of drug-likeness (QED) is 0.822. The van der Waals surface area contributed by atoms with Crippen LogP contribution < -0.4 is 10.6 Å². The fourth-order valence-electron chi connectivity index (χ4n) is 2.02. The van der Waals surface area contributed by atoms with E-state index in [0.29, 0.717) is 17.3 Å². The van der Waals surface area contributed by atoms with Crippen LogP contribution in [0.5, 0.6) is 0 Å². The molecule has 1 aliphatic heterocycles. The fourth-order valence-corrected chi connectivity index (χ4v) is 2.74. The van der Waals surface area contributed by atoms with Gasteiger partial charge >= 0.3 is 0 Å². The third-order valence-electron chi connectivity index (χ3n) is 3.05. The highest BCUT2D eigenvalue weighted by molar-refractivity contribution is 8.00. The summed E-state index contributed by atoms with van der Waals surface area (Å²) >= 11 is 1.31. The molecule has 21 heavy (non-hydrogen) atoms. The Kier molecular flexibility index (Phi) is 6.06. The SMILES string of the molecule is Cc1cc(NC(=O)CSCC(=O)N2CCCNCC2)no1. The van der Waals surface area contributed by atoms with Crippen molar-refractivity contribution in [3.05, 3.63) is 11.8 Å². The van der Waals surface area contributed by atoms with Gasteiger partial charge in [0.25, 0.3) is 0 Å². The van der Waals surface area contributed by atoms with Crippen molar-refractivity contribution in [3.8, 4) is 0 Å². The van der Waals surface area contributed by atoms with Crippen LogP contribution in [-0.4, -0.2) is 59.6 Å². The Bertz CT molecular complexity index is 484. The first kappa shape index (κ1) is 15.8. The molecule has 8 heteroatoms. The van der Waals surface area contributed by atoms with Gasteiger partial charge in [-0.3, -0.25) is 9.59 Å². The lowest BCUT2D eigenvalue weighted by Crippen LogP contribution is -2.35. The number of nitrogens with one attached hydrogen (secondary N) is 2. The van der Waals surface area contributed by atoms with Crippen molar-refractivity contribution >= 4 is 29.4 Å².